The number of hydrogen-bond donors (Lipinski definition) is 2. The zero-order valence-electron chi connectivity index (χ0n) is 17.0. The second-order valence-electron chi connectivity index (χ2n) is 6.29. The highest BCUT2D eigenvalue weighted by atomic mass is 32.1. The predicted molar refractivity (Wildman–Crippen MR) is 115 cm³/mol. The van der Waals surface area contributed by atoms with Crippen LogP contribution in [0.1, 0.15) is 27.0 Å². The Kier molecular flexibility index (Phi) is 7.00. The van der Waals surface area contributed by atoms with Crippen molar-refractivity contribution in [2.24, 2.45) is 0 Å². The number of methoxy groups -OCH3 is 1. The van der Waals surface area contributed by atoms with Gasteiger partial charge in [-0.3, -0.25) is 30.6 Å². The third-order valence-corrected chi connectivity index (χ3v) is 5.40. The molecule has 11 heteroatoms. The summed E-state index contributed by atoms with van der Waals surface area (Å²) in [5.74, 6) is -1.63. The van der Waals surface area contributed by atoms with Gasteiger partial charge in [0.25, 0.3) is 17.5 Å². The highest BCUT2D eigenvalue weighted by Gasteiger charge is 2.25. The zero-order chi connectivity index (χ0) is 23.3. The third kappa shape index (κ3) is 5.01. The molecule has 0 radical (unpaired) electrons. The molecule has 2 aromatic carbocycles. The lowest BCUT2D eigenvalue weighted by Gasteiger charge is -2.12. The molecule has 0 aliphatic carbocycles. The van der Waals surface area contributed by atoms with Crippen molar-refractivity contribution >= 4 is 28.8 Å². The van der Waals surface area contributed by atoms with E-state index in [1.54, 1.807) is 31.2 Å². The van der Waals surface area contributed by atoms with Crippen LogP contribution in [0.15, 0.2) is 48.5 Å². The number of nitro groups is 1. The average molecular weight is 459 g/mol. The van der Waals surface area contributed by atoms with Gasteiger partial charge in [0.05, 0.1) is 29.6 Å². The van der Waals surface area contributed by atoms with Crippen molar-refractivity contribution in [1.29, 1.82) is 0 Å². The van der Waals surface area contributed by atoms with Crippen LogP contribution in [0.2, 0.25) is 0 Å². The van der Waals surface area contributed by atoms with E-state index in [1.165, 1.54) is 25.3 Å². The first-order valence-electron chi connectivity index (χ1n) is 9.29. The van der Waals surface area contributed by atoms with E-state index in [1.807, 2.05) is 0 Å². The zero-order valence-corrected chi connectivity index (χ0v) is 17.8. The van der Waals surface area contributed by atoms with Gasteiger partial charge in [0.2, 0.25) is 0 Å². The number of rotatable bonds is 7. The number of carbonyl (C=O) groups excluding carboxylic acids is 2. The van der Waals surface area contributed by atoms with Gasteiger partial charge in [-0.25, -0.2) is 4.39 Å². The van der Waals surface area contributed by atoms with Crippen LogP contribution < -0.4 is 20.3 Å². The van der Waals surface area contributed by atoms with Crippen molar-refractivity contribution in [3.8, 4) is 21.9 Å². The Hall–Kier alpha value is -3.99. The molecule has 32 heavy (non-hydrogen) atoms. The maximum atomic E-state index is 13.1. The number of nitrogens with one attached hydrogen (secondary N) is 2. The minimum Gasteiger partial charge on any atom is -0.493 e. The van der Waals surface area contributed by atoms with E-state index in [4.69, 9.17) is 9.47 Å². The summed E-state index contributed by atoms with van der Waals surface area (Å²) in [6.45, 7) is 1.96. The molecular weight excluding hydrogens is 441 g/mol. The fourth-order valence-corrected chi connectivity index (χ4v) is 3.69. The van der Waals surface area contributed by atoms with Crippen LogP contribution in [0, 0.1) is 15.9 Å². The molecular formula is C21H18FN3O6S. The summed E-state index contributed by atoms with van der Waals surface area (Å²) in [6, 6.07) is 11.3. The fraction of sp³-hybridized carbons (Fsp3) is 0.143. The Labute approximate surface area is 185 Å². The minimum absolute atomic E-state index is 0.103. The van der Waals surface area contributed by atoms with Gasteiger partial charge in [-0.05, 0) is 36.8 Å². The number of ether oxygens (including phenoxy) is 2. The SMILES string of the molecule is CCOc1cc(C(=O)NNC(=O)c2ccc(-c3ccc(F)cc3)s2)c([N+](=O)[O-])cc1OC. The highest BCUT2D eigenvalue weighted by Crippen LogP contribution is 2.34. The van der Waals surface area contributed by atoms with Gasteiger partial charge in [0, 0.05) is 10.9 Å². The molecule has 9 nitrogen and oxygen atoms in total. The van der Waals surface area contributed by atoms with Crippen molar-refractivity contribution in [2.75, 3.05) is 13.7 Å². The Morgan fingerprint density at radius 3 is 2.38 bits per heavy atom. The number of halogens is 1. The molecule has 1 heterocycles. The van der Waals surface area contributed by atoms with Crippen LogP contribution >= 0.6 is 11.3 Å². The number of thiophene rings is 1. The van der Waals surface area contributed by atoms with Crippen molar-refractivity contribution in [3.05, 3.63) is 74.9 Å². The average Bonchev–Trinajstić information content (AvgIpc) is 3.28. The van der Waals surface area contributed by atoms with Crippen LogP contribution in [0.4, 0.5) is 10.1 Å². The Morgan fingerprint density at radius 2 is 1.75 bits per heavy atom. The number of amides is 2. The van der Waals surface area contributed by atoms with Crippen LogP contribution in [-0.4, -0.2) is 30.5 Å². The molecule has 0 atom stereocenters. The molecule has 166 valence electrons. The van der Waals surface area contributed by atoms with Gasteiger partial charge in [-0.15, -0.1) is 11.3 Å². The van der Waals surface area contributed by atoms with E-state index in [2.05, 4.69) is 10.9 Å². The number of hydrogen-bond acceptors (Lipinski definition) is 7. The van der Waals surface area contributed by atoms with Crippen LogP contribution in [0.5, 0.6) is 11.5 Å². The van der Waals surface area contributed by atoms with Gasteiger partial charge in [-0.1, -0.05) is 12.1 Å². The summed E-state index contributed by atoms with van der Waals surface area (Å²) < 4.78 is 23.5. The van der Waals surface area contributed by atoms with Gasteiger partial charge in [0.1, 0.15) is 11.4 Å². The molecule has 2 amide bonds. The molecule has 0 spiro atoms. The second-order valence-corrected chi connectivity index (χ2v) is 7.37. The van der Waals surface area contributed by atoms with Crippen LogP contribution in [0.3, 0.4) is 0 Å². The lowest BCUT2D eigenvalue weighted by Crippen LogP contribution is -2.41. The second kappa shape index (κ2) is 9.88. The van der Waals surface area contributed by atoms with Gasteiger partial charge in [-0.2, -0.15) is 0 Å². The van der Waals surface area contributed by atoms with Crippen molar-refractivity contribution in [2.45, 2.75) is 6.92 Å². The van der Waals surface area contributed by atoms with Crippen molar-refractivity contribution in [1.82, 2.24) is 10.9 Å². The first kappa shape index (κ1) is 22.7. The van der Waals surface area contributed by atoms with Gasteiger partial charge in [0.15, 0.2) is 11.5 Å². The topological polar surface area (TPSA) is 120 Å². The molecule has 0 saturated carbocycles. The lowest BCUT2D eigenvalue weighted by molar-refractivity contribution is -0.385. The first-order valence-corrected chi connectivity index (χ1v) is 10.1. The Balaban J connectivity index is 1.75. The van der Waals surface area contributed by atoms with Crippen molar-refractivity contribution in [3.63, 3.8) is 0 Å². The van der Waals surface area contributed by atoms with Gasteiger partial charge < -0.3 is 9.47 Å². The van der Waals surface area contributed by atoms with Crippen LogP contribution in [0.25, 0.3) is 10.4 Å². The van der Waals surface area contributed by atoms with Gasteiger partial charge >= 0.3 is 0 Å². The molecule has 0 bridgehead atoms. The molecule has 0 unspecified atom stereocenters. The van der Waals surface area contributed by atoms with E-state index in [-0.39, 0.29) is 34.4 Å². The Morgan fingerprint density at radius 1 is 1.06 bits per heavy atom. The molecule has 0 aliphatic heterocycles. The number of carbonyl (C=O) groups is 2. The van der Waals surface area contributed by atoms with E-state index >= 15 is 0 Å². The highest BCUT2D eigenvalue weighted by molar-refractivity contribution is 7.17. The largest absolute Gasteiger partial charge is 0.493 e. The number of benzene rings is 2. The monoisotopic (exact) mass is 459 g/mol. The summed E-state index contributed by atoms with van der Waals surface area (Å²) in [5.41, 5.74) is 4.33. The third-order valence-electron chi connectivity index (χ3n) is 4.27. The smallest absolute Gasteiger partial charge is 0.286 e. The predicted octanol–water partition coefficient (Wildman–Crippen LogP) is 3.94. The molecule has 3 rings (SSSR count). The molecule has 3 aromatic rings. The molecule has 2 N–H and O–H groups in total. The maximum Gasteiger partial charge on any atom is 0.286 e. The quantitative estimate of drug-likeness (QED) is 0.408. The van der Waals surface area contributed by atoms with E-state index in [9.17, 15) is 24.1 Å². The minimum atomic E-state index is -0.899. The standard InChI is InChI=1S/C21H18FN3O6S/c1-3-31-17-10-14(15(25(28)29)11-16(17)30-2)20(26)23-24-21(27)19-9-8-18(32-19)12-4-6-13(22)7-5-12/h4-11H,3H2,1-2H3,(H,23,26)(H,24,27). The van der Waals surface area contributed by atoms with Crippen LogP contribution in [-0.2, 0) is 0 Å². The van der Waals surface area contributed by atoms with Crippen molar-refractivity contribution < 1.29 is 28.4 Å². The summed E-state index contributed by atoms with van der Waals surface area (Å²) >= 11 is 1.14. The summed E-state index contributed by atoms with van der Waals surface area (Å²) in [7, 11) is 1.32. The normalized spacial score (nSPS) is 10.3. The molecule has 0 saturated heterocycles. The fourth-order valence-electron chi connectivity index (χ4n) is 2.78. The summed E-state index contributed by atoms with van der Waals surface area (Å²) in [6.07, 6.45) is 0. The first-order chi connectivity index (χ1) is 15.3. The summed E-state index contributed by atoms with van der Waals surface area (Å²) in [5, 5.41) is 11.4. The van der Waals surface area contributed by atoms with E-state index in [0.29, 0.717) is 0 Å². The lowest BCUT2D eigenvalue weighted by atomic mass is 10.1. The maximum absolute atomic E-state index is 13.1. The molecule has 0 aliphatic rings. The number of hydrazine groups is 1. The Bertz CT molecular complexity index is 1160. The number of nitro benzene ring substituents is 1. The van der Waals surface area contributed by atoms with E-state index in [0.717, 1.165) is 27.8 Å². The number of nitrogens with zero attached hydrogens (tertiary/aromatic N) is 1. The molecule has 0 fully saturated rings. The van der Waals surface area contributed by atoms with E-state index < -0.39 is 22.4 Å². The molecule has 1 aromatic heterocycles. The summed E-state index contributed by atoms with van der Waals surface area (Å²) in [4.78, 5) is 36.7.